The van der Waals surface area contributed by atoms with Crippen LogP contribution >= 0.6 is 0 Å². The summed E-state index contributed by atoms with van der Waals surface area (Å²) in [5.41, 5.74) is 0. The van der Waals surface area contributed by atoms with Crippen molar-refractivity contribution in [1.29, 1.82) is 0 Å². The van der Waals surface area contributed by atoms with E-state index in [9.17, 15) is 14.7 Å². The van der Waals surface area contributed by atoms with Gasteiger partial charge in [-0.3, -0.25) is 9.59 Å². The van der Waals surface area contributed by atoms with Gasteiger partial charge in [-0.15, -0.1) is 0 Å². The molecule has 22 heavy (non-hydrogen) atoms. The van der Waals surface area contributed by atoms with Crippen molar-refractivity contribution in [2.24, 2.45) is 29.6 Å². The summed E-state index contributed by atoms with van der Waals surface area (Å²) in [7, 11) is 0. The number of esters is 1. The highest BCUT2D eigenvalue weighted by molar-refractivity contribution is 5.81. The lowest BCUT2D eigenvalue weighted by atomic mass is 9.72. The maximum absolute atomic E-state index is 12.5. The van der Waals surface area contributed by atoms with Crippen molar-refractivity contribution in [3.63, 3.8) is 0 Å². The van der Waals surface area contributed by atoms with E-state index in [1.165, 1.54) is 6.42 Å². The number of rotatable bonds is 8. The molecule has 2 atom stereocenters. The minimum atomic E-state index is -0.834. The summed E-state index contributed by atoms with van der Waals surface area (Å²) in [5, 5.41) is 9.73. The molecule has 1 fully saturated rings. The monoisotopic (exact) mass is 312 g/mol. The van der Waals surface area contributed by atoms with Crippen molar-refractivity contribution >= 4 is 11.9 Å². The van der Waals surface area contributed by atoms with Gasteiger partial charge >= 0.3 is 11.9 Å². The van der Waals surface area contributed by atoms with Crippen molar-refractivity contribution in [2.75, 3.05) is 6.61 Å². The van der Waals surface area contributed by atoms with E-state index >= 15 is 0 Å². The predicted octanol–water partition coefficient (Wildman–Crippen LogP) is 4.13. The smallest absolute Gasteiger partial charge is 0.309 e. The number of aliphatic carboxylic acids is 1. The fourth-order valence-electron chi connectivity index (χ4n) is 3.45. The molecular weight excluding hydrogens is 280 g/mol. The molecule has 4 heteroatoms. The Labute approximate surface area is 134 Å². The van der Waals surface area contributed by atoms with Gasteiger partial charge in [0.2, 0.25) is 0 Å². The predicted molar refractivity (Wildman–Crippen MR) is 86.4 cm³/mol. The van der Waals surface area contributed by atoms with Gasteiger partial charge in [0.15, 0.2) is 0 Å². The Kier molecular flexibility index (Phi) is 7.91. The summed E-state index contributed by atoms with van der Waals surface area (Å²) in [6, 6.07) is 0. The zero-order valence-electron chi connectivity index (χ0n) is 14.5. The first-order chi connectivity index (χ1) is 10.3. The van der Waals surface area contributed by atoms with Crippen LogP contribution in [0.15, 0.2) is 0 Å². The molecular formula is C18H32O4. The molecule has 0 heterocycles. The number of carboxylic acid groups (broad SMARTS) is 1. The lowest BCUT2D eigenvalue weighted by Crippen LogP contribution is -2.38. The Bertz CT molecular complexity index is 356. The Morgan fingerprint density at radius 2 is 1.64 bits per heavy atom. The number of carboxylic acids is 1. The lowest BCUT2D eigenvalue weighted by molar-refractivity contribution is -0.162. The SMILES string of the molecule is CC(C)COC(=O)C(CC(C)C)C(C(=O)O)C1CCCCC1. The van der Waals surface area contributed by atoms with Crippen molar-refractivity contribution in [3.05, 3.63) is 0 Å². The highest BCUT2D eigenvalue weighted by Gasteiger charge is 2.40. The van der Waals surface area contributed by atoms with Crippen LogP contribution < -0.4 is 0 Å². The molecule has 0 amide bonds. The molecule has 1 aliphatic rings. The first kappa shape index (κ1) is 19.0. The quantitative estimate of drug-likeness (QED) is 0.684. The van der Waals surface area contributed by atoms with Crippen LogP contribution in [0.1, 0.15) is 66.2 Å². The van der Waals surface area contributed by atoms with E-state index in [1.54, 1.807) is 0 Å². The average molecular weight is 312 g/mol. The maximum atomic E-state index is 12.5. The lowest BCUT2D eigenvalue weighted by Gasteiger charge is -2.33. The molecule has 0 radical (unpaired) electrons. The van der Waals surface area contributed by atoms with Gasteiger partial charge in [0.25, 0.3) is 0 Å². The molecule has 128 valence electrons. The molecule has 4 nitrogen and oxygen atoms in total. The molecule has 1 aliphatic carbocycles. The van der Waals surface area contributed by atoms with Gasteiger partial charge < -0.3 is 9.84 Å². The highest BCUT2D eigenvalue weighted by atomic mass is 16.5. The van der Waals surface area contributed by atoms with E-state index in [2.05, 4.69) is 0 Å². The van der Waals surface area contributed by atoms with E-state index in [4.69, 9.17) is 4.74 Å². The Balaban J connectivity index is 2.88. The van der Waals surface area contributed by atoms with Crippen LogP contribution in [0, 0.1) is 29.6 Å². The van der Waals surface area contributed by atoms with Gasteiger partial charge in [-0.25, -0.2) is 0 Å². The van der Waals surface area contributed by atoms with E-state index in [0.717, 1.165) is 25.7 Å². The molecule has 0 aromatic heterocycles. The topological polar surface area (TPSA) is 63.6 Å². The van der Waals surface area contributed by atoms with Crippen molar-refractivity contribution < 1.29 is 19.4 Å². The van der Waals surface area contributed by atoms with Crippen LogP contribution in [0.2, 0.25) is 0 Å². The third kappa shape index (κ3) is 5.98. The minimum Gasteiger partial charge on any atom is -0.481 e. The van der Waals surface area contributed by atoms with E-state index in [-0.39, 0.29) is 23.7 Å². The standard InChI is InChI=1S/C18H32O4/c1-12(2)10-15(18(21)22-11-13(3)4)16(17(19)20)14-8-6-5-7-9-14/h12-16H,5-11H2,1-4H3,(H,19,20). The number of carbonyl (C=O) groups is 2. The summed E-state index contributed by atoms with van der Waals surface area (Å²) in [6.07, 6.45) is 5.75. The zero-order chi connectivity index (χ0) is 16.7. The van der Waals surface area contributed by atoms with Crippen molar-refractivity contribution in [3.8, 4) is 0 Å². The first-order valence-electron chi connectivity index (χ1n) is 8.72. The third-order valence-electron chi connectivity index (χ3n) is 4.46. The van der Waals surface area contributed by atoms with Gasteiger partial charge in [-0.2, -0.15) is 0 Å². The second-order valence-electron chi connectivity index (χ2n) is 7.52. The summed E-state index contributed by atoms with van der Waals surface area (Å²) >= 11 is 0. The van der Waals surface area contributed by atoms with Crippen LogP contribution in [0.5, 0.6) is 0 Å². The van der Waals surface area contributed by atoms with E-state index in [0.29, 0.717) is 13.0 Å². The molecule has 1 N–H and O–H groups in total. The minimum absolute atomic E-state index is 0.113. The summed E-state index contributed by atoms with van der Waals surface area (Å²) in [4.78, 5) is 24.3. The van der Waals surface area contributed by atoms with Gasteiger partial charge in [0, 0.05) is 0 Å². The Morgan fingerprint density at radius 1 is 1.05 bits per heavy atom. The summed E-state index contributed by atoms with van der Waals surface area (Å²) in [6.45, 7) is 8.40. The van der Waals surface area contributed by atoms with E-state index in [1.807, 2.05) is 27.7 Å². The highest BCUT2D eigenvalue weighted by Crippen LogP contribution is 2.37. The molecule has 1 saturated carbocycles. The normalized spacial score (nSPS) is 19.2. The van der Waals surface area contributed by atoms with Gasteiger partial charge in [0.1, 0.15) is 0 Å². The summed E-state index contributed by atoms with van der Waals surface area (Å²) < 4.78 is 5.39. The average Bonchev–Trinajstić information content (AvgIpc) is 2.44. The van der Waals surface area contributed by atoms with Gasteiger partial charge in [-0.1, -0.05) is 47.0 Å². The fraction of sp³-hybridized carbons (Fsp3) is 0.889. The van der Waals surface area contributed by atoms with Gasteiger partial charge in [0.05, 0.1) is 18.4 Å². The number of carbonyl (C=O) groups excluding carboxylic acids is 1. The van der Waals surface area contributed by atoms with Crippen molar-refractivity contribution in [2.45, 2.75) is 66.2 Å². The molecule has 0 bridgehead atoms. The molecule has 0 spiro atoms. The van der Waals surface area contributed by atoms with Crippen LogP contribution in [0.3, 0.4) is 0 Å². The first-order valence-corrected chi connectivity index (χ1v) is 8.72. The Morgan fingerprint density at radius 3 is 2.09 bits per heavy atom. The van der Waals surface area contributed by atoms with Crippen LogP contribution in [0.4, 0.5) is 0 Å². The Hall–Kier alpha value is -1.06. The molecule has 0 aromatic rings. The van der Waals surface area contributed by atoms with Gasteiger partial charge in [-0.05, 0) is 37.0 Å². The van der Waals surface area contributed by atoms with Crippen LogP contribution in [-0.2, 0) is 14.3 Å². The van der Waals surface area contributed by atoms with Crippen LogP contribution in [0.25, 0.3) is 0 Å². The molecule has 0 aliphatic heterocycles. The third-order valence-corrected chi connectivity index (χ3v) is 4.46. The second-order valence-corrected chi connectivity index (χ2v) is 7.52. The maximum Gasteiger partial charge on any atom is 0.309 e. The van der Waals surface area contributed by atoms with Crippen LogP contribution in [-0.4, -0.2) is 23.7 Å². The zero-order valence-corrected chi connectivity index (χ0v) is 14.5. The number of hydrogen-bond donors (Lipinski definition) is 1. The van der Waals surface area contributed by atoms with E-state index < -0.39 is 17.8 Å². The second kappa shape index (κ2) is 9.16. The van der Waals surface area contributed by atoms with Crippen molar-refractivity contribution in [1.82, 2.24) is 0 Å². The molecule has 2 unspecified atom stereocenters. The molecule has 0 aromatic carbocycles. The summed E-state index contributed by atoms with van der Waals surface area (Å²) in [5.74, 6) is -1.61. The fourth-order valence-corrected chi connectivity index (χ4v) is 3.45. The number of hydrogen-bond acceptors (Lipinski definition) is 3. The number of ether oxygens (including phenoxy) is 1. The largest absolute Gasteiger partial charge is 0.481 e. The molecule has 1 rings (SSSR count). The molecule has 0 saturated heterocycles.